The first-order chi connectivity index (χ1) is 4.65. The number of piperidine rings is 1. The van der Waals surface area contributed by atoms with Crippen molar-refractivity contribution in [2.24, 2.45) is 0 Å². The number of Topliss-reactive ketones (excluding diaryl/α,β-unsaturated/α-hetero) is 1. The highest BCUT2D eigenvalue weighted by Gasteiger charge is 2.36. The number of carbonyl (C=O) groups excluding carboxylic acids is 1. The third-order valence-electron chi connectivity index (χ3n) is 1.96. The molecule has 0 saturated carbocycles. The first-order valence-corrected chi connectivity index (χ1v) is 3.56. The molecule has 0 bridgehead atoms. The molecule has 1 N–H and O–H groups in total. The van der Waals surface area contributed by atoms with E-state index in [0.29, 0.717) is 6.42 Å². The molecule has 2 nitrogen and oxygen atoms in total. The number of hydrogen-bond acceptors (Lipinski definition) is 2. The fraction of sp³-hybridized carbons (Fsp3) is 0.857. The highest BCUT2D eigenvalue weighted by molar-refractivity contribution is 5.85. The number of hydrogen-bond donors (Lipinski definition) is 1. The Hall–Kier alpha value is -0.440. The Kier molecular flexibility index (Phi) is 2.04. The standard InChI is InChI=1S/C7H12FNO/c1-6(10)7(8)3-2-4-9-5-7/h9H,2-5H2,1H3/t7-/m1/s1. The lowest BCUT2D eigenvalue weighted by Crippen LogP contribution is -2.46. The Balaban J connectivity index is 2.56. The minimum absolute atomic E-state index is 0.197. The molecule has 1 atom stereocenters. The molecule has 1 aliphatic heterocycles. The quantitative estimate of drug-likeness (QED) is 0.587. The minimum atomic E-state index is -1.57. The lowest BCUT2D eigenvalue weighted by molar-refractivity contribution is -0.129. The second kappa shape index (κ2) is 2.66. The summed E-state index contributed by atoms with van der Waals surface area (Å²) in [6.45, 7) is 2.34. The van der Waals surface area contributed by atoms with Crippen molar-refractivity contribution in [1.29, 1.82) is 0 Å². The van der Waals surface area contributed by atoms with Crippen LogP contribution in [-0.2, 0) is 4.79 Å². The van der Waals surface area contributed by atoms with Gasteiger partial charge in [-0.1, -0.05) is 0 Å². The van der Waals surface area contributed by atoms with Crippen LogP contribution in [0.4, 0.5) is 4.39 Å². The van der Waals surface area contributed by atoms with Crippen molar-refractivity contribution >= 4 is 5.78 Å². The second-order valence-electron chi connectivity index (χ2n) is 2.80. The Morgan fingerprint density at radius 2 is 2.40 bits per heavy atom. The molecule has 10 heavy (non-hydrogen) atoms. The third-order valence-corrected chi connectivity index (χ3v) is 1.96. The van der Waals surface area contributed by atoms with E-state index in [-0.39, 0.29) is 12.3 Å². The van der Waals surface area contributed by atoms with E-state index in [0.717, 1.165) is 13.0 Å². The van der Waals surface area contributed by atoms with Crippen LogP contribution in [0.2, 0.25) is 0 Å². The fourth-order valence-corrected chi connectivity index (χ4v) is 1.17. The molecule has 1 saturated heterocycles. The lowest BCUT2D eigenvalue weighted by Gasteiger charge is -2.27. The van der Waals surface area contributed by atoms with Gasteiger partial charge in [0.25, 0.3) is 0 Å². The predicted octanol–water partition coefficient (Wildman–Crippen LogP) is 0.667. The highest BCUT2D eigenvalue weighted by Crippen LogP contribution is 2.21. The molecular formula is C7H12FNO. The van der Waals surface area contributed by atoms with Crippen molar-refractivity contribution in [1.82, 2.24) is 5.32 Å². The summed E-state index contributed by atoms with van der Waals surface area (Å²) in [5.74, 6) is -0.347. The van der Waals surface area contributed by atoms with Crippen molar-refractivity contribution in [3.8, 4) is 0 Å². The summed E-state index contributed by atoms with van der Waals surface area (Å²) >= 11 is 0. The van der Waals surface area contributed by atoms with Gasteiger partial charge in [0.1, 0.15) is 0 Å². The fourth-order valence-electron chi connectivity index (χ4n) is 1.17. The zero-order valence-electron chi connectivity index (χ0n) is 6.11. The molecule has 1 fully saturated rings. The zero-order chi connectivity index (χ0) is 7.61. The summed E-state index contributed by atoms with van der Waals surface area (Å²) in [7, 11) is 0. The van der Waals surface area contributed by atoms with E-state index >= 15 is 0 Å². The lowest BCUT2D eigenvalue weighted by atomic mass is 9.93. The third kappa shape index (κ3) is 1.34. The maximum atomic E-state index is 13.3. The van der Waals surface area contributed by atoms with Crippen LogP contribution < -0.4 is 5.32 Å². The van der Waals surface area contributed by atoms with E-state index in [1.165, 1.54) is 6.92 Å². The molecule has 58 valence electrons. The molecule has 1 rings (SSSR count). The van der Waals surface area contributed by atoms with Crippen LogP contribution in [0.25, 0.3) is 0 Å². The Bertz CT molecular complexity index is 141. The molecule has 0 spiro atoms. The Morgan fingerprint density at radius 1 is 1.70 bits per heavy atom. The summed E-state index contributed by atoms with van der Waals surface area (Å²) in [5.41, 5.74) is -1.57. The Morgan fingerprint density at radius 3 is 2.70 bits per heavy atom. The van der Waals surface area contributed by atoms with Gasteiger partial charge in [0.2, 0.25) is 0 Å². The van der Waals surface area contributed by atoms with E-state index in [4.69, 9.17) is 0 Å². The summed E-state index contributed by atoms with van der Waals surface area (Å²) in [5, 5.41) is 2.86. The van der Waals surface area contributed by atoms with Gasteiger partial charge >= 0.3 is 0 Å². The summed E-state index contributed by atoms with van der Waals surface area (Å²) in [4.78, 5) is 10.7. The predicted molar refractivity (Wildman–Crippen MR) is 36.6 cm³/mol. The largest absolute Gasteiger partial charge is 0.313 e. The van der Waals surface area contributed by atoms with Crippen LogP contribution >= 0.6 is 0 Å². The van der Waals surface area contributed by atoms with Crippen molar-refractivity contribution in [2.75, 3.05) is 13.1 Å². The summed E-state index contributed by atoms with van der Waals surface area (Å²) in [6, 6.07) is 0. The van der Waals surface area contributed by atoms with E-state index < -0.39 is 5.67 Å². The maximum absolute atomic E-state index is 13.3. The van der Waals surface area contributed by atoms with E-state index in [2.05, 4.69) is 5.32 Å². The average molecular weight is 145 g/mol. The van der Waals surface area contributed by atoms with Crippen molar-refractivity contribution < 1.29 is 9.18 Å². The first kappa shape index (κ1) is 7.66. The summed E-state index contributed by atoms with van der Waals surface area (Å²) in [6.07, 6.45) is 1.14. The molecule has 1 aliphatic rings. The highest BCUT2D eigenvalue weighted by atomic mass is 19.1. The summed E-state index contributed by atoms with van der Waals surface area (Å²) < 4.78 is 13.3. The van der Waals surface area contributed by atoms with Crippen LogP contribution in [-0.4, -0.2) is 24.5 Å². The van der Waals surface area contributed by atoms with Crippen LogP contribution in [0.5, 0.6) is 0 Å². The topological polar surface area (TPSA) is 29.1 Å². The van der Waals surface area contributed by atoms with Gasteiger partial charge in [0.05, 0.1) is 0 Å². The van der Waals surface area contributed by atoms with Gasteiger partial charge in [0.15, 0.2) is 11.5 Å². The van der Waals surface area contributed by atoms with Crippen molar-refractivity contribution in [3.05, 3.63) is 0 Å². The van der Waals surface area contributed by atoms with Gasteiger partial charge in [-0.05, 0) is 26.3 Å². The van der Waals surface area contributed by atoms with Crippen molar-refractivity contribution in [3.63, 3.8) is 0 Å². The smallest absolute Gasteiger partial charge is 0.180 e. The number of ketones is 1. The molecule has 0 amide bonds. The molecule has 0 unspecified atom stereocenters. The number of nitrogens with one attached hydrogen (secondary N) is 1. The molecule has 0 aromatic heterocycles. The number of alkyl halides is 1. The monoisotopic (exact) mass is 145 g/mol. The molecule has 0 radical (unpaired) electrons. The molecule has 0 aromatic rings. The second-order valence-corrected chi connectivity index (χ2v) is 2.80. The number of halogens is 1. The normalized spacial score (nSPS) is 33.8. The van der Waals surface area contributed by atoms with Crippen LogP contribution in [0.3, 0.4) is 0 Å². The maximum Gasteiger partial charge on any atom is 0.180 e. The average Bonchev–Trinajstić information content (AvgIpc) is 1.89. The van der Waals surface area contributed by atoms with Gasteiger partial charge in [-0.25, -0.2) is 4.39 Å². The van der Waals surface area contributed by atoms with Gasteiger partial charge < -0.3 is 5.32 Å². The van der Waals surface area contributed by atoms with E-state index in [1.54, 1.807) is 0 Å². The molecule has 0 aliphatic carbocycles. The molecule has 0 aromatic carbocycles. The SMILES string of the molecule is CC(=O)[C@@]1(F)CCCNC1. The van der Waals surface area contributed by atoms with E-state index in [1.807, 2.05) is 0 Å². The van der Waals surface area contributed by atoms with Crippen LogP contribution in [0.1, 0.15) is 19.8 Å². The molecular weight excluding hydrogens is 133 g/mol. The molecule has 1 heterocycles. The Labute approximate surface area is 59.8 Å². The van der Waals surface area contributed by atoms with Crippen molar-refractivity contribution in [2.45, 2.75) is 25.4 Å². The molecule has 3 heteroatoms. The van der Waals surface area contributed by atoms with Gasteiger partial charge in [-0.15, -0.1) is 0 Å². The van der Waals surface area contributed by atoms with Gasteiger partial charge in [0, 0.05) is 6.54 Å². The van der Waals surface area contributed by atoms with Gasteiger partial charge in [-0.2, -0.15) is 0 Å². The first-order valence-electron chi connectivity index (χ1n) is 3.56. The van der Waals surface area contributed by atoms with Crippen LogP contribution in [0.15, 0.2) is 0 Å². The van der Waals surface area contributed by atoms with E-state index in [9.17, 15) is 9.18 Å². The zero-order valence-corrected chi connectivity index (χ0v) is 6.11. The number of rotatable bonds is 1. The number of carbonyl (C=O) groups is 1. The van der Waals surface area contributed by atoms with Gasteiger partial charge in [-0.3, -0.25) is 4.79 Å². The minimum Gasteiger partial charge on any atom is -0.313 e. The van der Waals surface area contributed by atoms with Crippen LogP contribution in [0, 0.1) is 0 Å².